The van der Waals surface area contributed by atoms with Crippen molar-refractivity contribution in [3.05, 3.63) is 64.1 Å². The van der Waals surface area contributed by atoms with Gasteiger partial charge in [0.05, 0.1) is 29.2 Å². The Kier molecular flexibility index (Phi) is 5.03. The van der Waals surface area contributed by atoms with Crippen molar-refractivity contribution in [1.82, 2.24) is 24.5 Å². The molecule has 0 N–H and O–H groups in total. The van der Waals surface area contributed by atoms with Crippen LogP contribution in [0.1, 0.15) is 24.4 Å². The van der Waals surface area contributed by atoms with Gasteiger partial charge in [0.15, 0.2) is 0 Å². The molecule has 0 saturated carbocycles. The molecule has 1 aliphatic rings. The largest absolute Gasteiger partial charge is 0.416 e. The SMILES string of the molecule is O=c1c(Cl)c(N2CCC(n3cncn3)CC2)cnn1-c1cccc(C(F)(F)F)c1. The molecule has 0 amide bonds. The van der Waals surface area contributed by atoms with Crippen molar-refractivity contribution >= 4 is 17.3 Å². The lowest BCUT2D eigenvalue weighted by Gasteiger charge is -2.33. The smallest absolute Gasteiger partial charge is 0.369 e. The average molecular weight is 425 g/mol. The van der Waals surface area contributed by atoms with Gasteiger partial charge in [-0.25, -0.2) is 9.67 Å². The number of rotatable bonds is 3. The first-order valence-corrected chi connectivity index (χ1v) is 9.27. The van der Waals surface area contributed by atoms with Gasteiger partial charge in [-0.1, -0.05) is 17.7 Å². The van der Waals surface area contributed by atoms with Crippen LogP contribution in [0.15, 0.2) is 47.9 Å². The average Bonchev–Trinajstić information content (AvgIpc) is 3.24. The van der Waals surface area contributed by atoms with E-state index in [1.807, 2.05) is 9.58 Å². The molecule has 1 aliphatic heterocycles. The number of hydrogen-bond donors (Lipinski definition) is 0. The lowest BCUT2D eigenvalue weighted by atomic mass is 10.1. The molecule has 0 bridgehead atoms. The van der Waals surface area contributed by atoms with Gasteiger partial charge in [-0.15, -0.1) is 0 Å². The van der Waals surface area contributed by atoms with Crippen LogP contribution in [-0.4, -0.2) is 37.6 Å². The second-order valence-corrected chi connectivity index (χ2v) is 7.08. The van der Waals surface area contributed by atoms with Crippen molar-refractivity contribution in [2.24, 2.45) is 0 Å². The van der Waals surface area contributed by atoms with E-state index in [9.17, 15) is 18.0 Å². The summed E-state index contributed by atoms with van der Waals surface area (Å²) >= 11 is 6.28. The number of hydrogen-bond acceptors (Lipinski definition) is 5. The lowest BCUT2D eigenvalue weighted by Crippen LogP contribution is -2.36. The topological polar surface area (TPSA) is 68.8 Å². The van der Waals surface area contributed by atoms with Gasteiger partial charge >= 0.3 is 6.18 Å². The number of nitrogens with zero attached hydrogens (tertiary/aromatic N) is 6. The number of alkyl halides is 3. The predicted molar refractivity (Wildman–Crippen MR) is 100 cm³/mol. The first-order chi connectivity index (χ1) is 13.8. The van der Waals surface area contributed by atoms with Gasteiger partial charge in [-0.2, -0.15) is 28.1 Å². The van der Waals surface area contributed by atoms with Crippen LogP contribution in [0.3, 0.4) is 0 Å². The van der Waals surface area contributed by atoms with Gasteiger partial charge < -0.3 is 4.90 Å². The summed E-state index contributed by atoms with van der Waals surface area (Å²) < 4.78 is 41.5. The van der Waals surface area contributed by atoms with E-state index in [4.69, 9.17) is 11.6 Å². The fourth-order valence-corrected chi connectivity index (χ4v) is 3.67. The third-order valence-corrected chi connectivity index (χ3v) is 5.29. The second-order valence-electron chi connectivity index (χ2n) is 6.70. The highest BCUT2D eigenvalue weighted by Gasteiger charge is 2.31. The van der Waals surface area contributed by atoms with Crippen LogP contribution in [0.4, 0.5) is 18.9 Å². The second kappa shape index (κ2) is 7.51. The molecule has 152 valence electrons. The van der Waals surface area contributed by atoms with Gasteiger partial charge in [-0.3, -0.25) is 4.79 Å². The molecule has 0 atom stereocenters. The Labute approximate surface area is 168 Å². The molecule has 1 fully saturated rings. The zero-order valence-electron chi connectivity index (χ0n) is 15.1. The van der Waals surface area contributed by atoms with Crippen LogP contribution in [0.5, 0.6) is 0 Å². The monoisotopic (exact) mass is 424 g/mol. The molecule has 0 spiro atoms. The Hall–Kier alpha value is -2.88. The van der Waals surface area contributed by atoms with Gasteiger partial charge in [0.1, 0.15) is 17.7 Å². The Morgan fingerprint density at radius 3 is 2.55 bits per heavy atom. The summed E-state index contributed by atoms with van der Waals surface area (Å²) in [6.07, 6.45) is 1.64. The highest BCUT2D eigenvalue weighted by Crippen LogP contribution is 2.31. The summed E-state index contributed by atoms with van der Waals surface area (Å²) in [4.78, 5) is 18.6. The number of benzene rings is 1. The van der Waals surface area contributed by atoms with Crippen molar-refractivity contribution in [3.63, 3.8) is 0 Å². The maximum Gasteiger partial charge on any atom is 0.416 e. The maximum atomic E-state index is 13.0. The van der Waals surface area contributed by atoms with Crippen molar-refractivity contribution in [2.75, 3.05) is 18.0 Å². The summed E-state index contributed by atoms with van der Waals surface area (Å²) in [5.41, 5.74) is -1.05. The van der Waals surface area contributed by atoms with Crippen molar-refractivity contribution < 1.29 is 13.2 Å². The van der Waals surface area contributed by atoms with Crippen LogP contribution in [-0.2, 0) is 6.18 Å². The number of anilines is 1. The van der Waals surface area contributed by atoms with E-state index in [2.05, 4.69) is 15.2 Å². The van der Waals surface area contributed by atoms with Crippen LogP contribution >= 0.6 is 11.6 Å². The van der Waals surface area contributed by atoms with E-state index in [-0.39, 0.29) is 16.8 Å². The Morgan fingerprint density at radius 1 is 1.14 bits per heavy atom. The highest BCUT2D eigenvalue weighted by molar-refractivity contribution is 6.33. The molecule has 4 rings (SSSR count). The van der Waals surface area contributed by atoms with Gasteiger partial charge in [0.25, 0.3) is 5.56 Å². The molecule has 1 aromatic carbocycles. The Bertz CT molecular complexity index is 1060. The summed E-state index contributed by atoms with van der Waals surface area (Å²) in [5.74, 6) is 0. The molecule has 0 radical (unpaired) electrons. The van der Waals surface area contributed by atoms with Gasteiger partial charge in [0, 0.05) is 13.1 Å². The maximum absolute atomic E-state index is 13.0. The van der Waals surface area contributed by atoms with Crippen molar-refractivity contribution in [3.8, 4) is 5.69 Å². The molecule has 3 heterocycles. The standard InChI is InChI=1S/C18H16ClF3N6O/c19-16-15(26-6-4-13(5-7-26)27-11-23-10-25-27)9-24-28(17(16)29)14-3-1-2-12(8-14)18(20,21)22/h1-3,8-11,13H,4-7H2. The Balaban J connectivity index is 1.58. The number of halogens is 4. The third-order valence-electron chi connectivity index (χ3n) is 4.93. The summed E-state index contributed by atoms with van der Waals surface area (Å²) in [6.45, 7) is 1.28. The summed E-state index contributed by atoms with van der Waals surface area (Å²) in [6, 6.07) is 4.62. The van der Waals surface area contributed by atoms with E-state index in [0.717, 1.165) is 29.7 Å². The van der Waals surface area contributed by atoms with Crippen LogP contribution in [0.25, 0.3) is 5.69 Å². The van der Waals surface area contributed by atoms with Crippen LogP contribution < -0.4 is 10.5 Å². The fraction of sp³-hybridized carbons (Fsp3) is 0.333. The van der Waals surface area contributed by atoms with Crippen LogP contribution in [0, 0.1) is 0 Å². The molecule has 29 heavy (non-hydrogen) atoms. The first-order valence-electron chi connectivity index (χ1n) is 8.89. The quantitative estimate of drug-likeness (QED) is 0.645. The minimum Gasteiger partial charge on any atom is -0.369 e. The molecule has 0 unspecified atom stereocenters. The predicted octanol–water partition coefficient (Wildman–Crippen LogP) is 3.34. The molecule has 3 aromatic rings. The molecular formula is C18H16ClF3N6O. The van der Waals surface area contributed by atoms with Gasteiger partial charge in [-0.05, 0) is 31.0 Å². The first kappa shape index (κ1) is 19.4. The number of aromatic nitrogens is 5. The minimum absolute atomic E-state index is 0.00293. The van der Waals surface area contributed by atoms with Crippen LogP contribution in [0.2, 0.25) is 5.02 Å². The molecule has 2 aromatic heterocycles. The highest BCUT2D eigenvalue weighted by atomic mass is 35.5. The number of piperidine rings is 1. The van der Waals surface area contributed by atoms with Crippen molar-refractivity contribution in [2.45, 2.75) is 25.1 Å². The van der Waals surface area contributed by atoms with E-state index in [1.165, 1.54) is 24.7 Å². The molecule has 1 saturated heterocycles. The minimum atomic E-state index is -4.52. The lowest BCUT2D eigenvalue weighted by molar-refractivity contribution is -0.137. The van der Waals surface area contributed by atoms with E-state index < -0.39 is 17.3 Å². The zero-order chi connectivity index (χ0) is 20.6. The molecular weight excluding hydrogens is 409 g/mol. The Morgan fingerprint density at radius 2 is 1.90 bits per heavy atom. The van der Waals surface area contributed by atoms with Crippen molar-refractivity contribution in [1.29, 1.82) is 0 Å². The van der Waals surface area contributed by atoms with E-state index in [0.29, 0.717) is 18.8 Å². The summed E-state index contributed by atoms with van der Waals surface area (Å²) in [5, 5.41) is 8.14. The van der Waals surface area contributed by atoms with E-state index in [1.54, 1.807) is 6.33 Å². The fourth-order valence-electron chi connectivity index (χ4n) is 3.42. The zero-order valence-corrected chi connectivity index (χ0v) is 15.8. The molecule has 7 nitrogen and oxygen atoms in total. The van der Waals surface area contributed by atoms with E-state index >= 15 is 0 Å². The molecule has 0 aliphatic carbocycles. The molecule has 11 heteroatoms. The van der Waals surface area contributed by atoms with Gasteiger partial charge in [0.2, 0.25) is 0 Å². The third kappa shape index (κ3) is 3.84. The normalized spacial score (nSPS) is 15.7. The summed E-state index contributed by atoms with van der Waals surface area (Å²) in [7, 11) is 0.